The molecule has 0 saturated heterocycles. The Labute approximate surface area is 89.4 Å². The van der Waals surface area contributed by atoms with Gasteiger partial charge in [-0.05, 0) is 5.92 Å². The molecular weight excluding hydrogens is 194 g/mol. The van der Waals surface area contributed by atoms with Crippen molar-refractivity contribution in [3.63, 3.8) is 0 Å². The van der Waals surface area contributed by atoms with Crippen molar-refractivity contribution in [1.29, 1.82) is 0 Å². The largest absolute Gasteiger partial charge is 0.379 e. The van der Waals surface area contributed by atoms with Crippen molar-refractivity contribution in [3.8, 4) is 0 Å². The number of ether oxygens (including phenoxy) is 1. The highest BCUT2D eigenvalue weighted by molar-refractivity contribution is 5.76. The van der Waals surface area contributed by atoms with Gasteiger partial charge >= 0.3 is 6.03 Å². The molecule has 15 heavy (non-hydrogen) atoms. The first kappa shape index (κ1) is 11.7. The van der Waals surface area contributed by atoms with Gasteiger partial charge in [-0.3, -0.25) is 4.57 Å². The Morgan fingerprint density at radius 2 is 2.40 bits per heavy atom. The van der Waals surface area contributed by atoms with Gasteiger partial charge in [0.05, 0.1) is 6.61 Å². The lowest BCUT2D eigenvalue weighted by Gasteiger charge is -2.07. The van der Waals surface area contributed by atoms with E-state index >= 15 is 0 Å². The summed E-state index contributed by atoms with van der Waals surface area (Å²) in [4.78, 5) is 15.1. The van der Waals surface area contributed by atoms with Crippen LogP contribution in [0.5, 0.6) is 0 Å². The zero-order valence-electron chi connectivity index (χ0n) is 9.14. The quantitative estimate of drug-likeness (QED) is 0.742. The molecule has 84 valence electrons. The van der Waals surface area contributed by atoms with E-state index in [1.165, 1.54) is 10.9 Å². The van der Waals surface area contributed by atoms with E-state index in [-0.39, 0.29) is 6.03 Å². The predicted octanol–water partition coefficient (Wildman–Crippen LogP) is 1.11. The van der Waals surface area contributed by atoms with E-state index in [9.17, 15) is 4.79 Å². The molecular formula is C10H17N3O2. The van der Waals surface area contributed by atoms with Gasteiger partial charge in [-0.2, -0.15) is 0 Å². The summed E-state index contributed by atoms with van der Waals surface area (Å²) in [5.74, 6) is 0.523. The third-order valence-corrected chi connectivity index (χ3v) is 1.71. The monoisotopic (exact) mass is 211 g/mol. The van der Waals surface area contributed by atoms with E-state index in [4.69, 9.17) is 4.74 Å². The smallest absolute Gasteiger partial charge is 0.326 e. The van der Waals surface area contributed by atoms with Crippen LogP contribution in [0.4, 0.5) is 4.79 Å². The number of amides is 1. The van der Waals surface area contributed by atoms with Crippen LogP contribution < -0.4 is 5.32 Å². The predicted molar refractivity (Wildman–Crippen MR) is 56.7 cm³/mol. The Balaban J connectivity index is 2.08. The molecule has 0 aliphatic rings. The lowest BCUT2D eigenvalue weighted by Crippen LogP contribution is -2.30. The molecule has 0 saturated carbocycles. The fraction of sp³-hybridized carbons (Fsp3) is 0.600. The molecule has 1 amide bonds. The second-order valence-corrected chi connectivity index (χ2v) is 3.67. The summed E-state index contributed by atoms with van der Waals surface area (Å²) < 4.78 is 6.71. The standard InChI is InChI=1S/C10H17N3O2/c1-9(2)7-15-6-4-12-10(14)13-5-3-11-8-13/h3,5,8-9H,4,6-7H2,1-2H3,(H,12,14). The summed E-state index contributed by atoms with van der Waals surface area (Å²) in [5.41, 5.74) is 0. The number of rotatable bonds is 5. The molecule has 5 heteroatoms. The molecule has 1 N–H and O–H groups in total. The fourth-order valence-electron chi connectivity index (χ4n) is 1.02. The van der Waals surface area contributed by atoms with Crippen molar-refractivity contribution in [3.05, 3.63) is 18.7 Å². The van der Waals surface area contributed by atoms with E-state index in [0.29, 0.717) is 19.1 Å². The molecule has 0 aliphatic carbocycles. The summed E-state index contributed by atoms with van der Waals surface area (Å²) in [7, 11) is 0. The molecule has 0 aromatic carbocycles. The second-order valence-electron chi connectivity index (χ2n) is 3.67. The molecule has 0 bridgehead atoms. The molecule has 0 radical (unpaired) electrons. The zero-order chi connectivity index (χ0) is 11.1. The molecule has 1 rings (SSSR count). The van der Waals surface area contributed by atoms with E-state index < -0.39 is 0 Å². The first-order valence-electron chi connectivity index (χ1n) is 5.04. The number of nitrogens with one attached hydrogen (secondary N) is 1. The number of hydrogen-bond acceptors (Lipinski definition) is 3. The Morgan fingerprint density at radius 3 is 3.00 bits per heavy atom. The number of carbonyl (C=O) groups excluding carboxylic acids is 1. The maximum absolute atomic E-state index is 11.4. The van der Waals surface area contributed by atoms with Crippen molar-refractivity contribution < 1.29 is 9.53 Å². The Hall–Kier alpha value is -1.36. The summed E-state index contributed by atoms with van der Waals surface area (Å²) in [5, 5.41) is 2.72. The SMILES string of the molecule is CC(C)COCCNC(=O)n1ccnc1. The van der Waals surface area contributed by atoms with Crippen LogP contribution in [0.15, 0.2) is 18.7 Å². The van der Waals surface area contributed by atoms with Crippen LogP contribution in [-0.2, 0) is 4.74 Å². The van der Waals surface area contributed by atoms with Gasteiger partial charge in [0, 0.05) is 25.5 Å². The maximum atomic E-state index is 11.4. The minimum Gasteiger partial charge on any atom is -0.379 e. The molecule has 1 aromatic heterocycles. The summed E-state index contributed by atoms with van der Waals surface area (Å²) in [6, 6.07) is -0.180. The number of aromatic nitrogens is 2. The van der Waals surface area contributed by atoms with E-state index in [1.54, 1.807) is 12.4 Å². The van der Waals surface area contributed by atoms with Crippen molar-refractivity contribution in [2.75, 3.05) is 19.8 Å². The number of imidazole rings is 1. The number of hydrogen-bond donors (Lipinski definition) is 1. The van der Waals surface area contributed by atoms with E-state index in [2.05, 4.69) is 24.1 Å². The number of nitrogens with zero attached hydrogens (tertiary/aromatic N) is 2. The molecule has 1 aromatic rings. The van der Waals surface area contributed by atoms with Crippen LogP contribution in [0.1, 0.15) is 13.8 Å². The normalized spacial score (nSPS) is 10.6. The molecule has 0 atom stereocenters. The van der Waals surface area contributed by atoms with Crippen LogP contribution in [0.2, 0.25) is 0 Å². The molecule has 0 spiro atoms. The van der Waals surface area contributed by atoms with Crippen molar-refractivity contribution >= 4 is 6.03 Å². The minimum absolute atomic E-state index is 0.180. The first-order valence-corrected chi connectivity index (χ1v) is 5.04. The first-order chi connectivity index (χ1) is 7.20. The maximum Gasteiger partial charge on any atom is 0.326 e. The van der Waals surface area contributed by atoms with Crippen molar-refractivity contribution in [1.82, 2.24) is 14.9 Å². The van der Waals surface area contributed by atoms with E-state index in [0.717, 1.165) is 6.61 Å². The van der Waals surface area contributed by atoms with Gasteiger partial charge in [-0.15, -0.1) is 0 Å². The Bertz CT molecular complexity index is 283. The Morgan fingerprint density at radius 1 is 1.60 bits per heavy atom. The Kier molecular flexibility index (Phi) is 4.83. The van der Waals surface area contributed by atoms with Crippen LogP contribution in [0.3, 0.4) is 0 Å². The molecule has 0 unspecified atom stereocenters. The third-order valence-electron chi connectivity index (χ3n) is 1.71. The lowest BCUT2D eigenvalue weighted by atomic mass is 10.2. The van der Waals surface area contributed by atoms with Gasteiger partial charge in [0.2, 0.25) is 0 Å². The third kappa shape index (κ3) is 4.60. The fourth-order valence-corrected chi connectivity index (χ4v) is 1.02. The van der Waals surface area contributed by atoms with Crippen LogP contribution in [-0.4, -0.2) is 35.3 Å². The highest BCUT2D eigenvalue weighted by Crippen LogP contribution is 1.91. The van der Waals surface area contributed by atoms with Gasteiger partial charge in [-0.1, -0.05) is 13.8 Å². The molecule has 0 aliphatic heterocycles. The van der Waals surface area contributed by atoms with Gasteiger partial charge in [0.25, 0.3) is 0 Å². The topological polar surface area (TPSA) is 56.1 Å². The molecule has 1 heterocycles. The molecule has 5 nitrogen and oxygen atoms in total. The average molecular weight is 211 g/mol. The average Bonchev–Trinajstić information content (AvgIpc) is 2.69. The highest BCUT2D eigenvalue weighted by Gasteiger charge is 2.01. The van der Waals surface area contributed by atoms with Gasteiger partial charge < -0.3 is 10.1 Å². The lowest BCUT2D eigenvalue weighted by molar-refractivity contribution is 0.112. The van der Waals surface area contributed by atoms with E-state index in [1.807, 2.05) is 0 Å². The van der Waals surface area contributed by atoms with Crippen LogP contribution in [0.25, 0.3) is 0 Å². The second kappa shape index (κ2) is 6.19. The molecule has 0 fully saturated rings. The van der Waals surface area contributed by atoms with Crippen LogP contribution >= 0.6 is 0 Å². The van der Waals surface area contributed by atoms with Gasteiger partial charge in [0.15, 0.2) is 0 Å². The minimum atomic E-state index is -0.180. The van der Waals surface area contributed by atoms with Crippen LogP contribution in [0, 0.1) is 5.92 Å². The van der Waals surface area contributed by atoms with Crippen molar-refractivity contribution in [2.45, 2.75) is 13.8 Å². The zero-order valence-corrected chi connectivity index (χ0v) is 9.14. The summed E-state index contributed by atoms with van der Waals surface area (Å²) >= 11 is 0. The van der Waals surface area contributed by atoms with Crippen molar-refractivity contribution in [2.24, 2.45) is 5.92 Å². The summed E-state index contributed by atoms with van der Waals surface area (Å²) in [6.07, 6.45) is 4.63. The van der Waals surface area contributed by atoms with Gasteiger partial charge in [-0.25, -0.2) is 9.78 Å². The highest BCUT2D eigenvalue weighted by atomic mass is 16.5. The number of carbonyl (C=O) groups is 1. The van der Waals surface area contributed by atoms with Gasteiger partial charge in [0.1, 0.15) is 6.33 Å². The summed E-state index contributed by atoms with van der Waals surface area (Å²) in [6.45, 7) is 5.96.